The lowest BCUT2D eigenvalue weighted by Gasteiger charge is -2.25. The molecule has 0 radical (unpaired) electrons. The first-order valence-electron chi connectivity index (χ1n) is 10.1. The second-order valence-electron chi connectivity index (χ2n) is 7.40. The Bertz CT molecular complexity index is 720. The molecule has 4 heteroatoms. The van der Waals surface area contributed by atoms with Gasteiger partial charge in [-0.05, 0) is 61.2 Å². The minimum absolute atomic E-state index is 0.346. The van der Waals surface area contributed by atoms with Gasteiger partial charge in [0.1, 0.15) is 5.75 Å². The topological polar surface area (TPSA) is 38.5 Å². The largest absolute Gasteiger partial charge is 0.495 e. The molecule has 1 aliphatic heterocycles. The van der Waals surface area contributed by atoms with Crippen LogP contribution in [0.15, 0.2) is 42.5 Å². The molecule has 0 bridgehead atoms. The Hall–Kier alpha value is -1.55. The second-order valence-corrected chi connectivity index (χ2v) is 7.81. The van der Waals surface area contributed by atoms with Crippen molar-refractivity contribution in [2.45, 2.75) is 38.0 Å². The summed E-state index contributed by atoms with van der Waals surface area (Å²) in [5, 5.41) is 0.707. The summed E-state index contributed by atoms with van der Waals surface area (Å²) in [5.74, 6) is 1.12. The summed E-state index contributed by atoms with van der Waals surface area (Å²) in [6, 6.07) is 15.1. The number of hydrogen-bond donors (Lipinski definition) is 1. The molecule has 3 nitrogen and oxygen atoms in total. The predicted octanol–water partition coefficient (Wildman–Crippen LogP) is 4.86. The molecule has 3 rings (SSSR count). The molecule has 0 aromatic heterocycles. The first kappa shape index (κ1) is 20.2. The normalized spacial score (nSPS) is 17.4. The fourth-order valence-corrected chi connectivity index (χ4v) is 4.30. The van der Waals surface area contributed by atoms with E-state index in [4.69, 9.17) is 22.1 Å². The van der Waals surface area contributed by atoms with Crippen LogP contribution in [0.5, 0.6) is 5.75 Å². The Kier molecular flexibility index (Phi) is 7.57. The van der Waals surface area contributed by atoms with Crippen molar-refractivity contribution in [2.75, 3.05) is 33.3 Å². The number of ether oxygens (including phenoxy) is 1. The SMILES string of the molecule is COc1cc2c(cc1Cl)CCN(CCCCCCN)CC2c1ccccc1. The van der Waals surface area contributed by atoms with Crippen LogP contribution in [0.4, 0.5) is 0 Å². The molecule has 1 atom stereocenters. The van der Waals surface area contributed by atoms with Gasteiger partial charge in [0.15, 0.2) is 0 Å². The number of halogens is 1. The van der Waals surface area contributed by atoms with Gasteiger partial charge in [-0.3, -0.25) is 0 Å². The Balaban J connectivity index is 1.82. The molecule has 0 saturated carbocycles. The Labute approximate surface area is 168 Å². The van der Waals surface area contributed by atoms with Crippen molar-refractivity contribution in [3.05, 3.63) is 64.2 Å². The van der Waals surface area contributed by atoms with Gasteiger partial charge in [-0.15, -0.1) is 0 Å². The molecule has 0 aliphatic carbocycles. The number of methoxy groups -OCH3 is 1. The van der Waals surface area contributed by atoms with Gasteiger partial charge in [0.25, 0.3) is 0 Å². The number of benzene rings is 2. The maximum absolute atomic E-state index is 6.43. The molecular formula is C23H31ClN2O. The van der Waals surface area contributed by atoms with E-state index >= 15 is 0 Å². The number of rotatable bonds is 8. The summed E-state index contributed by atoms with van der Waals surface area (Å²) in [4.78, 5) is 2.61. The van der Waals surface area contributed by atoms with E-state index in [1.807, 2.05) is 0 Å². The van der Waals surface area contributed by atoms with Crippen molar-refractivity contribution in [1.82, 2.24) is 4.90 Å². The Morgan fingerprint density at radius 1 is 1.11 bits per heavy atom. The first-order valence-corrected chi connectivity index (χ1v) is 10.4. The third kappa shape index (κ3) is 5.25. The van der Waals surface area contributed by atoms with Crippen molar-refractivity contribution in [3.63, 3.8) is 0 Å². The minimum atomic E-state index is 0.346. The molecule has 1 aliphatic rings. The van der Waals surface area contributed by atoms with E-state index in [9.17, 15) is 0 Å². The van der Waals surface area contributed by atoms with E-state index in [-0.39, 0.29) is 0 Å². The summed E-state index contributed by atoms with van der Waals surface area (Å²) >= 11 is 6.43. The molecule has 146 valence electrons. The zero-order valence-corrected chi connectivity index (χ0v) is 17.0. The van der Waals surface area contributed by atoms with Crippen LogP contribution in [0.3, 0.4) is 0 Å². The van der Waals surface area contributed by atoms with Crippen LogP contribution < -0.4 is 10.5 Å². The van der Waals surface area contributed by atoms with E-state index in [1.165, 1.54) is 36.0 Å². The van der Waals surface area contributed by atoms with E-state index in [2.05, 4.69) is 47.4 Å². The van der Waals surface area contributed by atoms with Gasteiger partial charge in [0.2, 0.25) is 0 Å². The number of fused-ring (bicyclic) bond motifs is 1. The molecule has 1 unspecified atom stereocenters. The lowest BCUT2D eigenvalue weighted by molar-refractivity contribution is 0.269. The van der Waals surface area contributed by atoms with Crippen LogP contribution in [0.1, 0.15) is 48.3 Å². The number of hydrogen-bond acceptors (Lipinski definition) is 3. The van der Waals surface area contributed by atoms with Crippen LogP contribution in [0.2, 0.25) is 5.02 Å². The van der Waals surface area contributed by atoms with Crippen LogP contribution in [-0.4, -0.2) is 38.2 Å². The lowest BCUT2D eigenvalue weighted by atomic mass is 9.88. The summed E-state index contributed by atoms with van der Waals surface area (Å²) in [5.41, 5.74) is 9.67. The van der Waals surface area contributed by atoms with Gasteiger partial charge < -0.3 is 15.4 Å². The third-order valence-electron chi connectivity index (χ3n) is 5.56. The molecule has 0 spiro atoms. The van der Waals surface area contributed by atoms with Crippen LogP contribution in [-0.2, 0) is 6.42 Å². The monoisotopic (exact) mass is 386 g/mol. The van der Waals surface area contributed by atoms with Crippen molar-refractivity contribution in [3.8, 4) is 5.75 Å². The number of unbranched alkanes of at least 4 members (excludes halogenated alkanes) is 3. The van der Waals surface area contributed by atoms with Crippen molar-refractivity contribution in [2.24, 2.45) is 5.73 Å². The highest BCUT2D eigenvalue weighted by atomic mass is 35.5. The minimum Gasteiger partial charge on any atom is -0.495 e. The fourth-order valence-electron chi connectivity index (χ4n) is 4.04. The summed E-state index contributed by atoms with van der Waals surface area (Å²) in [6.07, 6.45) is 5.90. The van der Waals surface area contributed by atoms with Crippen molar-refractivity contribution >= 4 is 11.6 Å². The average Bonchev–Trinajstić information content (AvgIpc) is 2.87. The van der Waals surface area contributed by atoms with Gasteiger partial charge in [-0.1, -0.05) is 54.8 Å². The molecule has 2 N–H and O–H groups in total. The number of nitrogens with two attached hydrogens (primary N) is 1. The maximum atomic E-state index is 6.43. The van der Waals surface area contributed by atoms with E-state index in [0.717, 1.165) is 44.8 Å². The van der Waals surface area contributed by atoms with E-state index in [0.29, 0.717) is 10.9 Å². The van der Waals surface area contributed by atoms with Gasteiger partial charge in [0.05, 0.1) is 12.1 Å². The van der Waals surface area contributed by atoms with Crippen LogP contribution in [0.25, 0.3) is 0 Å². The Morgan fingerprint density at radius 3 is 2.63 bits per heavy atom. The second kappa shape index (κ2) is 10.1. The summed E-state index contributed by atoms with van der Waals surface area (Å²) in [6.45, 7) is 4.07. The number of nitrogens with zero attached hydrogens (tertiary/aromatic N) is 1. The zero-order valence-electron chi connectivity index (χ0n) is 16.3. The van der Waals surface area contributed by atoms with Gasteiger partial charge in [-0.2, -0.15) is 0 Å². The highest BCUT2D eigenvalue weighted by Crippen LogP contribution is 2.37. The first-order chi connectivity index (χ1) is 13.2. The molecule has 1 heterocycles. The molecule has 0 amide bonds. The Morgan fingerprint density at radius 2 is 1.89 bits per heavy atom. The third-order valence-corrected chi connectivity index (χ3v) is 5.85. The standard InChI is InChI=1S/C23H31ClN2O/c1-27-23-16-20-19(15-22(23)24)11-14-26(13-8-3-2-7-12-25)17-21(20)18-9-5-4-6-10-18/h4-6,9-10,15-16,21H,2-3,7-8,11-14,17,25H2,1H3. The van der Waals surface area contributed by atoms with Crippen LogP contribution >= 0.6 is 11.6 Å². The predicted molar refractivity (Wildman–Crippen MR) is 114 cm³/mol. The maximum Gasteiger partial charge on any atom is 0.137 e. The molecular weight excluding hydrogens is 356 g/mol. The molecule has 0 saturated heterocycles. The van der Waals surface area contributed by atoms with Crippen LogP contribution in [0, 0.1) is 0 Å². The summed E-state index contributed by atoms with van der Waals surface area (Å²) < 4.78 is 5.51. The van der Waals surface area contributed by atoms with Crippen molar-refractivity contribution in [1.29, 1.82) is 0 Å². The van der Waals surface area contributed by atoms with Gasteiger partial charge in [0, 0.05) is 19.0 Å². The van der Waals surface area contributed by atoms with Gasteiger partial charge in [-0.25, -0.2) is 0 Å². The van der Waals surface area contributed by atoms with E-state index in [1.54, 1.807) is 7.11 Å². The average molecular weight is 387 g/mol. The lowest BCUT2D eigenvalue weighted by Crippen LogP contribution is -2.29. The quantitative estimate of drug-likeness (QED) is 0.658. The smallest absolute Gasteiger partial charge is 0.137 e. The highest BCUT2D eigenvalue weighted by molar-refractivity contribution is 6.32. The summed E-state index contributed by atoms with van der Waals surface area (Å²) in [7, 11) is 1.69. The molecule has 27 heavy (non-hydrogen) atoms. The molecule has 0 fully saturated rings. The van der Waals surface area contributed by atoms with Crippen molar-refractivity contribution < 1.29 is 4.74 Å². The highest BCUT2D eigenvalue weighted by Gasteiger charge is 2.25. The van der Waals surface area contributed by atoms with E-state index < -0.39 is 0 Å². The van der Waals surface area contributed by atoms with Gasteiger partial charge >= 0.3 is 0 Å². The fraction of sp³-hybridized carbons (Fsp3) is 0.478. The molecule has 2 aromatic carbocycles. The molecule has 2 aromatic rings. The zero-order chi connectivity index (χ0) is 19.1.